The van der Waals surface area contributed by atoms with Crippen molar-refractivity contribution in [1.29, 1.82) is 0 Å². The number of aromatic nitrogens is 2. The molecule has 1 aromatic heterocycles. The van der Waals surface area contributed by atoms with Crippen LogP contribution in [0.4, 0.5) is 11.6 Å². The van der Waals surface area contributed by atoms with E-state index in [9.17, 15) is 5.11 Å². The summed E-state index contributed by atoms with van der Waals surface area (Å²) in [5, 5.41) is 25.1. The van der Waals surface area contributed by atoms with E-state index in [4.69, 9.17) is 5.11 Å². The molecule has 0 radical (unpaired) electrons. The van der Waals surface area contributed by atoms with Crippen LogP contribution in [0, 0.1) is 6.92 Å². The van der Waals surface area contributed by atoms with Crippen LogP contribution in [0.1, 0.15) is 32.2 Å². The van der Waals surface area contributed by atoms with Gasteiger partial charge in [0.2, 0.25) is 0 Å². The number of aliphatic hydroxyl groups excluding tert-OH is 1. The van der Waals surface area contributed by atoms with Crippen LogP contribution < -0.4 is 10.6 Å². The number of hydrogen-bond acceptors (Lipinski definition) is 6. The summed E-state index contributed by atoms with van der Waals surface area (Å²) >= 11 is 0. The van der Waals surface area contributed by atoms with Gasteiger partial charge in [-0.05, 0) is 20.8 Å². The minimum absolute atomic E-state index is 0.232. The van der Waals surface area contributed by atoms with E-state index >= 15 is 0 Å². The molecule has 0 aliphatic heterocycles. The topological polar surface area (TPSA) is 90.3 Å². The van der Waals surface area contributed by atoms with Crippen molar-refractivity contribution < 1.29 is 10.2 Å². The molecule has 1 unspecified atom stereocenters. The lowest BCUT2D eigenvalue weighted by atomic mass is 10.1. The molecule has 19 heavy (non-hydrogen) atoms. The summed E-state index contributed by atoms with van der Waals surface area (Å²) in [6, 6.07) is 0. The van der Waals surface area contributed by atoms with Crippen LogP contribution in [0.25, 0.3) is 0 Å². The Balaban J connectivity index is 2.95. The molecule has 0 fully saturated rings. The molecule has 6 nitrogen and oxygen atoms in total. The Morgan fingerprint density at radius 1 is 1.16 bits per heavy atom. The third kappa shape index (κ3) is 4.33. The number of hydrogen-bond donors (Lipinski definition) is 4. The van der Waals surface area contributed by atoms with E-state index in [0.717, 1.165) is 30.2 Å². The summed E-state index contributed by atoms with van der Waals surface area (Å²) in [6.07, 6.45) is 0.740. The maximum Gasteiger partial charge on any atom is 0.134 e. The van der Waals surface area contributed by atoms with Crippen molar-refractivity contribution >= 4 is 11.6 Å². The normalized spacial score (nSPS) is 14.0. The Morgan fingerprint density at radius 3 is 2.21 bits per heavy atom. The van der Waals surface area contributed by atoms with Crippen LogP contribution in [0.5, 0.6) is 0 Å². The zero-order valence-electron chi connectivity index (χ0n) is 12.1. The Morgan fingerprint density at radius 2 is 1.74 bits per heavy atom. The van der Waals surface area contributed by atoms with Crippen molar-refractivity contribution in [3.05, 3.63) is 11.4 Å². The molecule has 1 rings (SSSR count). The summed E-state index contributed by atoms with van der Waals surface area (Å²) in [5.41, 5.74) is -0.255. The quantitative estimate of drug-likeness (QED) is 0.588. The highest BCUT2D eigenvalue weighted by molar-refractivity contribution is 5.57. The first kappa shape index (κ1) is 15.7. The molecular formula is C13H24N4O2. The highest BCUT2D eigenvalue weighted by Gasteiger charge is 2.20. The second-order valence-corrected chi connectivity index (χ2v) is 4.85. The summed E-state index contributed by atoms with van der Waals surface area (Å²) in [4.78, 5) is 8.85. The van der Waals surface area contributed by atoms with Gasteiger partial charge in [-0.3, -0.25) is 0 Å². The van der Waals surface area contributed by atoms with Gasteiger partial charge in [-0.1, -0.05) is 6.92 Å². The van der Waals surface area contributed by atoms with E-state index in [1.54, 1.807) is 6.92 Å². The molecule has 6 heteroatoms. The minimum Gasteiger partial charge on any atom is -0.393 e. The van der Waals surface area contributed by atoms with E-state index in [1.807, 2.05) is 20.8 Å². The van der Waals surface area contributed by atoms with Gasteiger partial charge in [0.25, 0.3) is 0 Å². The second kappa shape index (κ2) is 6.68. The fraction of sp³-hybridized carbons (Fsp3) is 0.692. The average Bonchev–Trinajstić information content (AvgIpc) is 2.40. The minimum atomic E-state index is -1.16. The van der Waals surface area contributed by atoms with Gasteiger partial charge in [-0.15, -0.1) is 0 Å². The Labute approximate surface area is 114 Å². The zero-order valence-corrected chi connectivity index (χ0v) is 12.1. The monoisotopic (exact) mass is 268 g/mol. The van der Waals surface area contributed by atoms with Gasteiger partial charge in [-0.25, -0.2) is 9.97 Å². The van der Waals surface area contributed by atoms with E-state index < -0.39 is 5.60 Å². The zero-order chi connectivity index (χ0) is 14.5. The van der Waals surface area contributed by atoms with Crippen molar-refractivity contribution in [1.82, 2.24) is 9.97 Å². The smallest absolute Gasteiger partial charge is 0.134 e. The second-order valence-electron chi connectivity index (χ2n) is 4.85. The van der Waals surface area contributed by atoms with Crippen molar-refractivity contribution in [3.63, 3.8) is 0 Å². The summed E-state index contributed by atoms with van der Waals surface area (Å²) in [6.45, 7) is 8.22. The van der Waals surface area contributed by atoms with E-state index in [1.165, 1.54) is 0 Å². The molecule has 0 spiro atoms. The largest absolute Gasteiger partial charge is 0.393 e. The SMILES string of the molecule is CCNc1nc(CC)nc(NCC(C)(O)CO)c1C. The van der Waals surface area contributed by atoms with E-state index in [-0.39, 0.29) is 13.2 Å². The lowest BCUT2D eigenvalue weighted by Gasteiger charge is -2.22. The molecule has 1 heterocycles. The number of aliphatic hydroxyl groups is 2. The molecule has 0 aromatic carbocycles. The van der Waals surface area contributed by atoms with Crippen molar-refractivity contribution in [3.8, 4) is 0 Å². The van der Waals surface area contributed by atoms with Gasteiger partial charge in [-0.2, -0.15) is 0 Å². The van der Waals surface area contributed by atoms with Crippen LogP contribution in [-0.4, -0.2) is 45.5 Å². The van der Waals surface area contributed by atoms with Crippen molar-refractivity contribution in [2.45, 2.75) is 39.7 Å². The number of nitrogens with zero attached hydrogens (tertiary/aromatic N) is 2. The molecule has 0 aliphatic rings. The number of rotatable bonds is 7. The maximum atomic E-state index is 9.80. The molecule has 4 N–H and O–H groups in total. The predicted octanol–water partition coefficient (Wildman–Crippen LogP) is 0.934. The highest BCUT2D eigenvalue weighted by Crippen LogP contribution is 2.20. The van der Waals surface area contributed by atoms with Gasteiger partial charge >= 0.3 is 0 Å². The number of nitrogens with one attached hydrogen (secondary N) is 2. The van der Waals surface area contributed by atoms with Gasteiger partial charge in [0, 0.05) is 25.1 Å². The molecule has 108 valence electrons. The van der Waals surface area contributed by atoms with Crippen molar-refractivity contribution in [2.24, 2.45) is 0 Å². The van der Waals surface area contributed by atoms with Gasteiger partial charge in [0.1, 0.15) is 23.1 Å². The summed E-state index contributed by atoms with van der Waals surface area (Å²) in [5.74, 6) is 2.24. The molecule has 1 aromatic rings. The van der Waals surface area contributed by atoms with Gasteiger partial charge in [0.15, 0.2) is 0 Å². The Hall–Kier alpha value is -1.40. The van der Waals surface area contributed by atoms with Crippen LogP contribution in [0.3, 0.4) is 0 Å². The van der Waals surface area contributed by atoms with Crippen LogP contribution in [0.15, 0.2) is 0 Å². The fourth-order valence-electron chi connectivity index (χ4n) is 1.56. The first-order chi connectivity index (χ1) is 8.93. The molecule has 0 saturated heterocycles. The first-order valence-corrected chi connectivity index (χ1v) is 6.62. The van der Waals surface area contributed by atoms with Crippen molar-refractivity contribution in [2.75, 3.05) is 30.3 Å². The van der Waals surface area contributed by atoms with E-state index in [0.29, 0.717) is 5.82 Å². The third-order valence-corrected chi connectivity index (χ3v) is 2.83. The predicted molar refractivity (Wildman–Crippen MR) is 76.5 cm³/mol. The molecule has 0 saturated carbocycles. The van der Waals surface area contributed by atoms with Crippen LogP contribution in [0.2, 0.25) is 0 Å². The molecule has 0 aliphatic carbocycles. The molecule has 0 bridgehead atoms. The number of anilines is 2. The average molecular weight is 268 g/mol. The molecule has 1 atom stereocenters. The summed E-state index contributed by atoms with van der Waals surface area (Å²) < 4.78 is 0. The Bertz CT molecular complexity index is 421. The van der Waals surface area contributed by atoms with Crippen LogP contribution >= 0.6 is 0 Å². The lowest BCUT2D eigenvalue weighted by Crippen LogP contribution is -2.37. The van der Waals surface area contributed by atoms with E-state index in [2.05, 4.69) is 20.6 Å². The highest BCUT2D eigenvalue weighted by atomic mass is 16.3. The lowest BCUT2D eigenvalue weighted by molar-refractivity contribution is 0.0131. The van der Waals surface area contributed by atoms with Gasteiger partial charge in [0.05, 0.1) is 6.61 Å². The Kier molecular flexibility index (Phi) is 5.50. The first-order valence-electron chi connectivity index (χ1n) is 6.62. The van der Waals surface area contributed by atoms with Crippen LogP contribution in [-0.2, 0) is 6.42 Å². The molecule has 0 amide bonds. The van der Waals surface area contributed by atoms with Gasteiger partial charge < -0.3 is 20.8 Å². The standard InChI is InChI=1S/C13H24N4O2/c1-5-10-16-11(14-6-2)9(3)12(17-10)15-7-13(4,19)8-18/h18-19H,5-8H2,1-4H3,(H2,14,15,16,17). The third-order valence-electron chi connectivity index (χ3n) is 2.83. The number of aryl methyl sites for hydroxylation is 1. The maximum absolute atomic E-state index is 9.80. The fourth-order valence-corrected chi connectivity index (χ4v) is 1.56. The molecular weight excluding hydrogens is 244 g/mol. The summed E-state index contributed by atoms with van der Waals surface area (Å²) in [7, 11) is 0.